The van der Waals surface area contributed by atoms with Gasteiger partial charge < -0.3 is 4.90 Å². The largest absolute Gasteiger partial charge is 0.416 e. The molecule has 110 valence electrons. The van der Waals surface area contributed by atoms with Gasteiger partial charge >= 0.3 is 6.18 Å². The fraction of sp³-hybridized carbons (Fsp3) is 0.571. The van der Waals surface area contributed by atoms with E-state index in [0.29, 0.717) is 19.1 Å². The van der Waals surface area contributed by atoms with Gasteiger partial charge in [-0.05, 0) is 37.6 Å². The lowest BCUT2D eigenvalue weighted by Gasteiger charge is -2.39. The maximum Gasteiger partial charge on any atom is 0.416 e. The van der Waals surface area contributed by atoms with Gasteiger partial charge in [-0.3, -0.25) is 4.90 Å². The number of benzene rings is 1. The molecule has 20 heavy (non-hydrogen) atoms. The first-order chi connectivity index (χ1) is 9.45. The molecule has 2 saturated heterocycles. The number of alkyl halides is 3. The van der Waals surface area contributed by atoms with Crippen molar-refractivity contribution >= 4 is 5.69 Å². The van der Waals surface area contributed by atoms with E-state index in [1.165, 1.54) is 0 Å². The van der Waals surface area contributed by atoms with Gasteiger partial charge in [-0.25, -0.2) is 4.39 Å². The molecule has 1 unspecified atom stereocenters. The van der Waals surface area contributed by atoms with Crippen LogP contribution in [0.5, 0.6) is 0 Å². The summed E-state index contributed by atoms with van der Waals surface area (Å²) in [5.41, 5.74) is -0.714. The van der Waals surface area contributed by atoms with Gasteiger partial charge in [-0.15, -0.1) is 0 Å². The summed E-state index contributed by atoms with van der Waals surface area (Å²) in [7, 11) is 0. The standard InChI is InChI=1S/C14H16F4N2/c15-12-4-3-10(14(16,17)18)8-13(12)20-7-6-19-5-1-2-11(19)9-20/h3-4,8,11H,1-2,5-7,9H2. The summed E-state index contributed by atoms with van der Waals surface area (Å²) in [6.45, 7) is 3.02. The molecule has 2 nitrogen and oxygen atoms in total. The van der Waals surface area contributed by atoms with Gasteiger partial charge in [0.25, 0.3) is 0 Å². The normalized spacial score (nSPS) is 24.0. The van der Waals surface area contributed by atoms with Crippen LogP contribution in [0.4, 0.5) is 23.2 Å². The molecule has 6 heteroatoms. The number of halogens is 4. The Morgan fingerprint density at radius 2 is 1.90 bits per heavy atom. The molecule has 0 saturated carbocycles. The lowest BCUT2D eigenvalue weighted by Crippen LogP contribution is -2.50. The van der Waals surface area contributed by atoms with Crippen LogP contribution in [0.2, 0.25) is 0 Å². The molecule has 0 bridgehead atoms. The quantitative estimate of drug-likeness (QED) is 0.733. The van der Waals surface area contributed by atoms with Gasteiger partial charge in [0.15, 0.2) is 0 Å². The van der Waals surface area contributed by atoms with Crippen LogP contribution in [0.15, 0.2) is 18.2 Å². The van der Waals surface area contributed by atoms with Gasteiger partial charge in [0, 0.05) is 25.7 Å². The third-order valence-electron chi connectivity index (χ3n) is 4.20. The van der Waals surface area contributed by atoms with Crippen molar-refractivity contribution in [3.63, 3.8) is 0 Å². The molecule has 1 aromatic rings. The Hall–Kier alpha value is -1.30. The lowest BCUT2D eigenvalue weighted by molar-refractivity contribution is -0.137. The molecule has 1 aromatic carbocycles. The van der Waals surface area contributed by atoms with Gasteiger partial charge in [0.1, 0.15) is 5.82 Å². The second-order valence-electron chi connectivity index (χ2n) is 5.44. The third kappa shape index (κ3) is 2.49. The minimum Gasteiger partial charge on any atom is -0.366 e. The van der Waals surface area contributed by atoms with Gasteiger partial charge in [0.05, 0.1) is 11.3 Å². The Kier molecular flexibility index (Phi) is 3.36. The molecule has 2 heterocycles. The second-order valence-corrected chi connectivity index (χ2v) is 5.44. The zero-order chi connectivity index (χ0) is 14.3. The molecular weight excluding hydrogens is 272 g/mol. The first-order valence-electron chi connectivity index (χ1n) is 6.81. The van der Waals surface area contributed by atoms with E-state index in [2.05, 4.69) is 4.90 Å². The molecule has 1 atom stereocenters. The molecule has 0 aromatic heterocycles. The van der Waals surface area contributed by atoms with Crippen molar-refractivity contribution in [3.05, 3.63) is 29.6 Å². The minimum absolute atomic E-state index is 0.0753. The third-order valence-corrected chi connectivity index (χ3v) is 4.20. The molecule has 2 aliphatic rings. The number of hydrogen-bond acceptors (Lipinski definition) is 2. The van der Waals surface area contributed by atoms with Crippen LogP contribution in [0.1, 0.15) is 18.4 Å². The van der Waals surface area contributed by atoms with Crippen molar-refractivity contribution < 1.29 is 17.6 Å². The van der Waals surface area contributed by atoms with E-state index < -0.39 is 17.6 Å². The van der Waals surface area contributed by atoms with Crippen LogP contribution < -0.4 is 4.90 Å². The number of fused-ring (bicyclic) bond motifs is 1. The Bertz CT molecular complexity index is 500. The fourth-order valence-corrected chi connectivity index (χ4v) is 3.14. The van der Waals surface area contributed by atoms with Crippen molar-refractivity contribution in [1.29, 1.82) is 0 Å². The van der Waals surface area contributed by atoms with Crippen molar-refractivity contribution in [2.75, 3.05) is 31.1 Å². The number of hydrogen-bond donors (Lipinski definition) is 0. The zero-order valence-electron chi connectivity index (χ0n) is 11.0. The Balaban J connectivity index is 1.86. The van der Waals surface area contributed by atoms with E-state index in [1.54, 1.807) is 4.90 Å². The number of piperazine rings is 1. The highest BCUT2D eigenvalue weighted by atomic mass is 19.4. The van der Waals surface area contributed by atoms with Crippen molar-refractivity contribution in [2.45, 2.75) is 25.1 Å². The molecule has 0 aliphatic carbocycles. The average Bonchev–Trinajstić information content (AvgIpc) is 2.85. The summed E-state index contributed by atoms with van der Waals surface area (Å²) in [4.78, 5) is 4.08. The number of nitrogens with zero attached hydrogens (tertiary/aromatic N) is 2. The monoisotopic (exact) mass is 288 g/mol. The maximum atomic E-state index is 13.9. The Morgan fingerprint density at radius 3 is 2.65 bits per heavy atom. The second kappa shape index (κ2) is 4.91. The van der Waals surface area contributed by atoms with Crippen LogP contribution in [-0.2, 0) is 6.18 Å². The average molecular weight is 288 g/mol. The summed E-state index contributed by atoms with van der Waals surface area (Å²) >= 11 is 0. The van der Waals surface area contributed by atoms with E-state index in [4.69, 9.17) is 0 Å². The summed E-state index contributed by atoms with van der Waals surface area (Å²) in [6.07, 6.45) is -2.28. The van der Waals surface area contributed by atoms with E-state index in [1.807, 2.05) is 0 Å². The molecule has 0 N–H and O–H groups in total. The highest BCUT2D eigenvalue weighted by Crippen LogP contribution is 2.34. The van der Waals surface area contributed by atoms with Gasteiger partial charge in [-0.1, -0.05) is 0 Å². The topological polar surface area (TPSA) is 6.48 Å². The predicted molar refractivity (Wildman–Crippen MR) is 68.2 cm³/mol. The van der Waals surface area contributed by atoms with Gasteiger partial charge in [-0.2, -0.15) is 13.2 Å². The van der Waals surface area contributed by atoms with E-state index >= 15 is 0 Å². The zero-order valence-corrected chi connectivity index (χ0v) is 11.0. The Labute approximate surface area is 115 Å². The SMILES string of the molecule is Fc1ccc(C(F)(F)F)cc1N1CCN2CCCC2C1. The smallest absolute Gasteiger partial charge is 0.366 e. The van der Waals surface area contributed by atoms with E-state index in [0.717, 1.165) is 44.1 Å². The fourth-order valence-electron chi connectivity index (χ4n) is 3.14. The molecule has 0 amide bonds. The van der Waals surface area contributed by atoms with Crippen LogP contribution in [0, 0.1) is 5.82 Å². The van der Waals surface area contributed by atoms with Gasteiger partial charge in [0.2, 0.25) is 0 Å². The van der Waals surface area contributed by atoms with Crippen LogP contribution >= 0.6 is 0 Å². The maximum absolute atomic E-state index is 13.9. The summed E-state index contributed by atoms with van der Waals surface area (Å²) in [5, 5.41) is 0. The summed E-state index contributed by atoms with van der Waals surface area (Å²) < 4.78 is 52.1. The minimum atomic E-state index is -4.43. The van der Waals surface area contributed by atoms with E-state index in [9.17, 15) is 17.6 Å². The lowest BCUT2D eigenvalue weighted by atomic mass is 10.1. The summed E-state index contributed by atoms with van der Waals surface area (Å²) in [6, 6.07) is 2.99. The highest BCUT2D eigenvalue weighted by Gasteiger charge is 2.34. The Morgan fingerprint density at radius 1 is 1.10 bits per heavy atom. The molecule has 2 fully saturated rings. The molecule has 0 spiro atoms. The molecule has 0 radical (unpaired) electrons. The molecule has 2 aliphatic heterocycles. The number of anilines is 1. The number of rotatable bonds is 1. The first-order valence-corrected chi connectivity index (χ1v) is 6.81. The summed E-state index contributed by atoms with van der Waals surface area (Å²) in [5.74, 6) is -0.579. The van der Waals surface area contributed by atoms with Crippen LogP contribution in [-0.4, -0.2) is 37.1 Å². The first kappa shape index (κ1) is 13.7. The van der Waals surface area contributed by atoms with Crippen molar-refractivity contribution in [3.8, 4) is 0 Å². The van der Waals surface area contributed by atoms with Crippen molar-refractivity contribution in [1.82, 2.24) is 4.90 Å². The highest BCUT2D eigenvalue weighted by molar-refractivity contribution is 5.51. The molecule has 3 rings (SSSR count). The molecular formula is C14H16F4N2. The van der Waals surface area contributed by atoms with Crippen LogP contribution in [0.3, 0.4) is 0 Å². The van der Waals surface area contributed by atoms with Crippen molar-refractivity contribution in [2.24, 2.45) is 0 Å². The van der Waals surface area contributed by atoms with Crippen LogP contribution in [0.25, 0.3) is 0 Å². The van der Waals surface area contributed by atoms with E-state index in [-0.39, 0.29) is 5.69 Å². The predicted octanol–water partition coefficient (Wildman–Crippen LogP) is 3.13.